The average molecular weight is 287 g/mol. The van der Waals surface area contributed by atoms with Crippen molar-refractivity contribution < 1.29 is 9.90 Å². The van der Waals surface area contributed by atoms with Gasteiger partial charge in [0.2, 0.25) is 0 Å². The van der Waals surface area contributed by atoms with Crippen LogP contribution in [0.15, 0.2) is 30.7 Å². The van der Waals surface area contributed by atoms with Gasteiger partial charge >= 0.3 is 0 Å². The Balaban J connectivity index is 1.74. The molecular formula is C16H21N3O2. The van der Waals surface area contributed by atoms with E-state index in [9.17, 15) is 9.90 Å². The molecule has 0 aromatic carbocycles. The molecule has 1 aliphatic carbocycles. The van der Waals surface area contributed by atoms with Crippen LogP contribution in [-0.4, -0.2) is 33.0 Å². The number of fused-ring (bicyclic) bond motifs is 1. The van der Waals surface area contributed by atoms with Crippen molar-refractivity contribution in [2.24, 2.45) is 5.92 Å². The molecule has 3 rings (SSSR count). The molecule has 2 N–H and O–H groups in total. The highest BCUT2D eigenvalue weighted by molar-refractivity contribution is 5.95. The van der Waals surface area contributed by atoms with E-state index in [4.69, 9.17) is 0 Å². The molecule has 5 heteroatoms. The standard InChI is InChI=1S/C16H21N3O2/c20-11-13-4-2-1-3-5-14(13)18-16(21)12-6-8-19-9-7-17-15(19)10-12/h6-10,13-14,20H,1-5,11H2,(H,18,21). The summed E-state index contributed by atoms with van der Waals surface area (Å²) in [6.45, 7) is 0.143. The quantitative estimate of drug-likeness (QED) is 0.849. The van der Waals surface area contributed by atoms with Crippen molar-refractivity contribution in [1.29, 1.82) is 0 Å². The Bertz CT molecular complexity index is 623. The first-order valence-corrected chi connectivity index (χ1v) is 7.62. The van der Waals surface area contributed by atoms with Gasteiger partial charge in [-0.25, -0.2) is 4.98 Å². The SMILES string of the molecule is O=C(NC1CCCCCC1CO)c1ccn2ccnc2c1. The molecule has 2 heterocycles. The fourth-order valence-electron chi connectivity index (χ4n) is 3.10. The summed E-state index contributed by atoms with van der Waals surface area (Å²) in [7, 11) is 0. The van der Waals surface area contributed by atoms with Crippen LogP contribution in [0.1, 0.15) is 42.5 Å². The summed E-state index contributed by atoms with van der Waals surface area (Å²) in [5, 5.41) is 12.6. The maximum atomic E-state index is 12.4. The van der Waals surface area contributed by atoms with Crippen LogP contribution in [0.5, 0.6) is 0 Å². The Morgan fingerprint density at radius 2 is 2.19 bits per heavy atom. The lowest BCUT2D eigenvalue weighted by atomic mass is 9.95. The second-order valence-corrected chi connectivity index (χ2v) is 5.77. The predicted molar refractivity (Wildman–Crippen MR) is 80.1 cm³/mol. The van der Waals surface area contributed by atoms with E-state index in [-0.39, 0.29) is 24.5 Å². The molecule has 0 bridgehead atoms. The van der Waals surface area contributed by atoms with E-state index in [1.54, 1.807) is 18.3 Å². The number of carbonyl (C=O) groups excluding carboxylic acids is 1. The molecule has 2 unspecified atom stereocenters. The zero-order chi connectivity index (χ0) is 14.7. The fourth-order valence-corrected chi connectivity index (χ4v) is 3.10. The molecule has 1 aliphatic rings. The van der Waals surface area contributed by atoms with Crippen molar-refractivity contribution in [2.45, 2.75) is 38.1 Å². The van der Waals surface area contributed by atoms with Crippen molar-refractivity contribution in [1.82, 2.24) is 14.7 Å². The van der Waals surface area contributed by atoms with Gasteiger partial charge in [-0.2, -0.15) is 0 Å². The number of hydrogen-bond donors (Lipinski definition) is 2. The number of aromatic nitrogens is 2. The van der Waals surface area contributed by atoms with Gasteiger partial charge in [-0.1, -0.05) is 19.3 Å². The molecule has 0 radical (unpaired) electrons. The number of carbonyl (C=O) groups is 1. The van der Waals surface area contributed by atoms with Crippen LogP contribution < -0.4 is 5.32 Å². The summed E-state index contributed by atoms with van der Waals surface area (Å²) < 4.78 is 1.87. The predicted octanol–water partition coefficient (Wildman–Crippen LogP) is 2.01. The maximum absolute atomic E-state index is 12.4. The molecule has 2 atom stereocenters. The van der Waals surface area contributed by atoms with Crippen molar-refractivity contribution in [3.8, 4) is 0 Å². The van der Waals surface area contributed by atoms with Crippen LogP contribution in [0.2, 0.25) is 0 Å². The number of aliphatic hydroxyl groups excluding tert-OH is 1. The molecule has 1 fully saturated rings. The molecule has 112 valence electrons. The summed E-state index contributed by atoms with van der Waals surface area (Å²) in [5.74, 6) is 0.0949. The Hall–Kier alpha value is -1.88. The molecule has 2 aromatic rings. The molecule has 2 aromatic heterocycles. The average Bonchev–Trinajstić information content (AvgIpc) is 2.86. The topological polar surface area (TPSA) is 66.6 Å². The van der Waals surface area contributed by atoms with Gasteiger partial charge in [-0.3, -0.25) is 4.79 Å². The minimum Gasteiger partial charge on any atom is -0.396 e. The summed E-state index contributed by atoms with van der Waals surface area (Å²) in [6.07, 6.45) is 10.8. The molecule has 21 heavy (non-hydrogen) atoms. The first-order chi connectivity index (χ1) is 10.3. The Kier molecular flexibility index (Phi) is 4.20. The molecule has 5 nitrogen and oxygen atoms in total. The van der Waals surface area contributed by atoms with Gasteiger partial charge in [0, 0.05) is 42.7 Å². The first kappa shape index (κ1) is 14.1. The van der Waals surface area contributed by atoms with Gasteiger partial charge in [0.15, 0.2) is 0 Å². The van der Waals surface area contributed by atoms with E-state index < -0.39 is 0 Å². The third-order valence-electron chi connectivity index (χ3n) is 4.37. The zero-order valence-corrected chi connectivity index (χ0v) is 12.0. The molecule has 0 saturated heterocycles. The lowest BCUT2D eigenvalue weighted by Gasteiger charge is -2.24. The monoisotopic (exact) mass is 287 g/mol. The van der Waals surface area contributed by atoms with E-state index in [1.807, 2.05) is 16.8 Å². The second kappa shape index (κ2) is 6.26. The van der Waals surface area contributed by atoms with Crippen molar-refractivity contribution >= 4 is 11.6 Å². The van der Waals surface area contributed by atoms with Gasteiger partial charge in [0.25, 0.3) is 5.91 Å². The highest BCUT2D eigenvalue weighted by Gasteiger charge is 2.25. The largest absolute Gasteiger partial charge is 0.396 e. The van der Waals surface area contributed by atoms with Crippen LogP contribution in [0.25, 0.3) is 5.65 Å². The maximum Gasteiger partial charge on any atom is 0.251 e. The van der Waals surface area contributed by atoms with Gasteiger partial charge in [0.1, 0.15) is 5.65 Å². The summed E-state index contributed by atoms with van der Waals surface area (Å²) in [6, 6.07) is 3.66. The first-order valence-electron chi connectivity index (χ1n) is 7.62. The number of nitrogens with zero attached hydrogens (tertiary/aromatic N) is 2. The summed E-state index contributed by atoms with van der Waals surface area (Å²) in [5.41, 5.74) is 1.39. The molecule has 0 spiro atoms. The summed E-state index contributed by atoms with van der Waals surface area (Å²) >= 11 is 0. The van der Waals surface area contributed by atoms with E-state index >= 15 is 0 Å². The van der Waals surface area contributed by atoms with Crippen LogP contribution in [-0.2, 0) is 0 Å². The van der Waals surface area contributed by atoms with Crippen LogP contribution >= 0.6 is 0 Å². The third kappa shape index (κ3) is 3.08. The molecule has 1 amide bonds. The Morgan fingerprint density at radius 1 is 1.33 bits per heavy atom. The van der Waals surface area contributed by atoms with Crippen LogP contribution in [0.4, 0.5) is 0 Å². The zero-order valence-electron chi connectivity index (χ0n) is 12.0. The van der Waals surface area contributed by atoms with Gasteiger partial charge in [0.05, 0.1) is 0 Å². The smallest absolute Gasteiger partial charge is 0.251 e. The molecular weight excluding hydrogens is 266 g/mol. The van der Waals surface area contributed by atoms with Crippen molar-refractivity contribution in [2.75, 3.05) is 6.61 Å². The molecule has 1 saturated carbocycles. The highest BCUT2D eigenvalue weighted by atomic mass is 16.3. The minimum atomic E-state index is -0.0779. The van der Waals surface area contributed by atoms with Crippen LogP contribution in [0, 0.1) is 5.92 Å². The van der Waals surface area contributed by atoms with Gasteiger partial charge < -0.3 is 14.8 Å². The van der Waals surface area contributed by atoms with Crippen LogP contribution in [0.3, 0.4) is 0 Å². The normalized spacial score (nSPS) is 22.9. The van der Waals surface area contributed by atoms with E-state index in [0.717, 1.165) is 31.3 Å². The lowest BCUT2D eigenvalue weighted by molar-refractivity contribution is 0.0899. The number of nitrogens with one attached hydrogen (secondary N) is 1. The third-order valence-corrected chi connectivity index (χ3v) is 4.37. The van der Waals surface area contributed by atoms with E-state index in [1.165, 1.54) is 6.42 Å². The Labute approximate surface area is 124 Å². The number of rotatable bonds is 3. The minimum absolute atomic E-state index is 0.0703. The highest BCUT2D eigenvalue weighted by Crippen LogP contribution is 2.23. The fraction of sp³-hybridized carbons (Fsp3) is 0.500. The van der Waals surface area contributed by atoms with Gasteiger partial charge in [-0.05, 0) is 25.0 Å². The second-order valence-electron chi connectivity index (χ2n) is 5.77. The number of aliphatic hydroxyl groups is 1. The van der Waals surface area contributed by atoms with E-state index in [2.05, 4.69) is 10.3 Å². The lowest BCUT2D eigenvalue weighted by Crippen LogP contribution is -2.41. The van der Waals surface area contributed by atoms with E-state index in [0.29, 0.717) is 5.56 Å². The van der Waals surface area contributed by atoms with Crippen molar-refractivity contribution in [3.63, 3.8) is 0 Å². The number of amides is 1. The summed E-state index contributed by atoms with van der Waals surface area (Å²) in [4.78, 5) is 16.6. The Morgan fingerprint density at radius 3 is 3.05 bits per heavy atom. The van der Waals surface area contributed by atoms with Crippen molar-refractivity contribution in [3.05, 3.63) is 36.3 Å². The number of pyridine rings is 1. The number of imidazole rings is 1. The van der Waals surface area contributed by atoms with Gasteiger partial charge in [-0.15, -0.1) is 0 Å². The molecule has 0 aliphatic heterocycles. The number of hydrogen-bond acceptors (Lipinski definition) is 3.